The van der Waals surface area contributed by atoms with Gasteiger partial charge >= 0.3 is 0 Å². The van der Waals surface area contributed by atoms with Crippen LogP contribution >= 0.6 is 0 Å². The first kappa shape index (κ1) is 12.5. The highest BCUT2D eigenvalue weighted by Crippen LogP contribution is 2.29. The number of methoxy groups -OCH3 is 1. The molecule has 6 nitrogen and oxygen atoms in total. The van der Waals surface area contributed by atoms with Crippen molar-refractivity contribution < 1.29 is 19.2 Å². The van der Waals surface area contributed by atoms with Gasteiger partial charge in [-0.2, -0.15) is 0 Å². The topological polar surface area (TPSA) is 78.7 Å². The third-order valence-corrected chi connectivity index (χ3v) is 2.96. The van der Waals surface area contributed by atoms with E-state index < -0.39 is 11.0 Å². The van der Waals surface area contributed by atoms with Crippen molar-refractivity contribution in [1.29, 1.82) is 0 Å². The molecule has 0 amide bonds. The normalized spacial score (nSPS) is 22.4. The van der Waals surface area contributed by atoms with E-state index >= 15 is 0 Å². The van der Waals surface area contributed by atoms with E-state index in [1.807, 2.05) is 0 Å². The largest absolute Gasteiger partial charge is 0.486 e. The molecule has 0 radical (unpaired) electrons. The van der Waals surface area contributed by atoms with Gasteiger partial charge in [0.25, 0.3) is 5.69 Å². The lowest BCUT2D eigenvalue weighted by Crippen LogP contribution is -2.51. The molecule has 0 saturated heterocycles. The molecule has 0 aliphatic heterocycles. The third kappa shape index (κ3) is 2.19. The molecule has 0 heterocycles. The van der Waals surface area contributed by atoms with Crippen LogP contribution in [0.4, 0.5) is 5.69 Å². The fourth-order valence-electron chi connectivity index (χ4n) is 1.90. The number of carbonyl (C=O) groups excluding carboxylic acids is 1. The summed E-state index contributed by atoms with van der Waals surface area (Å²) in [4.78, 5) is 21.3. The fraction of sp³-hybridized carbons (Fsp3) is 0.417. The minimum absolute atomic E-state index is 0.0158. The van der Waals surface area contributed by atoms with Crippen molar-refractivity contribution >= 4 is 11.5 Å². The minimum Gasteiger partial charge on any atom is -0.486 e. The number of rotatable bonds is 4. The summed E-state index contributed by atoms with van der Waals surface area (Å²) in [6.07, 6.45) is -0.517. The van der Waals surface area contributed by atoms with Gasteiger partial charge in [0.15, 0.2) is 11.9 Å². The van der Waals surface area contributed by atoms with E-state index in [9.17, 15) is 14.9 Å². The van der Waals surface area contributed by atoms with Crippen LogP contribution in [0.1, 0.15) is 12.0 Å². The molecule has 1 aliphatic carbocycles. The molecular formula is C12H13NO5. The Kier molecular flexibility index (Phi) is 3.29. The van der Waals surface area contributed by atoms with Crippen molar-refractivity contribution in [2.24, 2.45) is 0 Å². The van der Waals surface area contributed by atoms with Crippen molar-refractivity contribution in [3.63, 3.8) is 0 Å². The summed E-state index contributed by atoms with van der Waals surface area (Å²) in [6.45, 7) is 1.73. The van der Waals surface area contributed by atoms with Crippen LogP contribution in [0.5, 0.6) is 5.75 Å². The van der Waals surface area contributed by atoms with Gasteiger partial charge < -0.3 is 9.47 Å². The molecule has 96 valence electrons. The Morgan fingerprint density at radius 3 is 2.67 bits per heavy atom. The molecule has 6 heteroatoms. The van der Waals surface area contributed by atoms with Crippen molar-refractivity contribution in [3.8, 4) is 5.75 Å². The number of carbonyl (C=O) groups is 1. The highest BCUT2D eigenvalue weighted by atomic mass is 16.6. The second kappa shape index (κ2) is 4.73. The lowest BCUT2D eigenvalue weighted by atomic mass is 9.90. The van der Waals surface area contributed by atoms with E-state index in [-0.39, 0.29) is 17.6 Å². The molecular weight excluding hydrogens is 238 g/mol. The van der Waals surface area contributed by atoms with Gasteiger partial charge in [-0.05, 0) is 18.6 Å². The number of hydrogen-bond acceptors (Lipinski definition) is 5. The van der Waals surface area contributed by atoms with Crippen LogP contribution in [-0.4, -0.2) is 30.0 Å². The Hall–Kier alpha value is -1.95. The standard InChI is InChI=1S/C12H13NO5/c1-7-5-8(13(15)16)3-4-10(7)18-11-6-9(14)12(11)17-2/h3-5,11-12H,6H2,1-2H3. The average molecular weight is 251 g/mol. The SMILES string of the molecule is COC1C(=O)CC1Oc1ccc([N+](=O)[O-])cc1C. The van der Waals surface area contributed by atoms with Gasteiger partial charge in [0.05, 0.1) is 4.92 Å². The summed E-state index contributed by atoms with van der Waals surface area (Å²) in [5.41, 5.74) is 0.686. The maximum atomic E-state index is 11.2. The summed E-state index contributed by atoms with van der Waals surface area (Å²) in [6, 6.07) is 4.37. The van der Waals surface area contributed by atoms with Gasteiger partial charge in [0, 0.05) is 25.7 Å². The number of hydrogen-bond donors (Lipinski definition) is 0. The summed E-state index contributed by atoms with van der Waals surface area (Å²) >= 11 is 0. The van der Waals surface area contributed by atoms with Gasteiger partial charge in [-0.3, -0.25) is 14.9 Å². The molecule has 0 bridgehead atoms. The van der Waals surface area contributed by atoms with Gasteiger partial charge in [-0.1, -0.05) is 0 Å². The molecule has 1 fully saturated rings. The van der Waals surface area contributed by atoms with Crippen LogP contribution in [0.2, 0.25) is 0 Å². The number of Topliss-reactive ketones (excluding diaryl/α,β-unsaturated/α-hetero) is 1. The lowest BCUT2D eigenvalue weighted by molar-refractivity contribution is -0.384. The van der Waals surface area contributed by atoms with Crippen LogP contribution in [0.25, 0.3) is 0 Å². The lowest BCUT2D eigenvalue weighted by Gasteiger charge is -2.33. The van der Waals surface area contributed by atoms with Crippen LogP contribution in [0, 0.1) is 17.0 Å². The molecule has 0 spiro atoms. The number of non-ortho nitro benzene ring substituents is 1. The zero-order valence-corrected chi connectivity index (χ0v) is 10.1. The first-order valence-corrected chi connectivity index (χ1v) is 5.50. The van der Waals surface area contributed by atoms with Crippen LogP contribution < -0.4 is 4.74 Å². The smallest absolute Gasteiger partial charge is 0.269 e. The van der Waals surface area contributed by atoms with E-state index in [4.69, 9.17) is 9.47 Å². The number of ketones is 1. The van der Waals surface area contributed by atoms with E-state index in [0.29, 0.717) is 17.7 Å². The molecule has 1 saturated carbocycles. The zero-order valence-electron chi connectivity index (χ0n) is 10.1. The van der Waals surface area contributed by atoms with Gasteiger partial charge in [0.1, 0.15) is 11.9 Å². The average Bonchev–Trinajstić information content (AvgIpc) is 2.30. The summed E-state index contributed by atoms with van der Waals surface area (Å²) in [5, 5.41) is 10.6. The fourth-order valence-corrected chi connectivity index (χ4v) is 1.90. The summed E-state index contributed by atoms with van der Waals surface area (Å²) in [7, 11) is 1.46. The zero-order chi connectivity index (χ0) is 13.3. The molecule has 2 atom stereocenters. The molecule has 0 N–H and O–H groups in total. The number of nitro groups is 1. The van der Waals surface area contributed by atoms with E-state index in [2.05, 4.69) is 0 Å². The van der Waals surface area contributed by atoms with Crippen LogP contribution in [-0.2, 0) is 9.53 Å². The predicted molar refractivity (Wildman–Crippen MR) is 62.7 cm³/mol. The van der Waals surface area contributed by atoms with Crippen molar-refractivity contribution in [1.82, 2.24) is 0 Å². The minimum atomic E-state index is -0.528. The van der Waals surface area contributed by atoms with Gasteiger partial charge in [0.2, 0.25) is 0 Å². The Bertz CT molecular complexity index is 499. The van der Waals surface area contributed by atoms with Crippen molar-refractivity contribution in [3.05, 3.63) is 33.9 Å². The van der Waals surface area contributed by atoms with E-state index in [1.165, 1.54) is 19.2 Å². The van der Waals surface area contributed by atoms with Crippen molar-refractivity contribution in [2.45, 2.75) is 25.6 Å². The van der Waals surface area contributed by atoms with Crippen LogP contribution in [0.3, 0.4) is 0 Å². The first-order valence-electron chi connectivity index (χ1n) is 5.50. The van der Waals surface area contributed by atoms with Gasteiger partial charge in [-0.25, -0.2) is 0 Å². The molecule has 1 aromatic rings. The predicted octanol–water partition coefficient (Wildman–Crippen LogP) is 1.64. The number of benzene rings is 1. The Morgan fingerprint density at radius 1 is 1.44 bits per heavy atom. The Labute approximate surface area is 104 Å². The number of nitro benzene ring substituents is 1. The highest BCUT2D eigenvalue weighted by molar-refractivity contribution is 5.90. The molecule has 1 aromatic carbocycles. The van der Waals surface area contributed by atoms with E-state index in [0.717, 1.165) is 0 Å². The van der Waals surface area contributed by atoms with Gasteiger partial charge in [-0.15, -0.1) is 0 Å². The highest BCUT2D eigenvalue weighted by Gasteiger charge is 2.42. The first-order chi connectivity index (χ1) is 8.52. The number of aryl methyl sites for hydroxylation is 1. The quantitative estimate of drug-likeness (QED) is 0.600. The summed E-state index contributed by atoms with van der Waals surface area (Å²) in [5.74, 6) is 0.558. The molecule has 18 heavy (non-hydrogen) atoms. The van der Waals surface area contributed by atoms with Crippen molar-refractivity contribution in [2.75, 3.05) is 7.11 Å². The monoisotopic (exact) mass is 251 g/mol. The number of nitrogens with zero attached hydrogens (tertiary/aromatic N) is 1. The number of ether oxygens (including phenoxy) is 2. The second-order valence-corrected chi connectivity index (χ2v) is 4.19. The third-order valence-electron chi connectivity index (χ3n) is 2.96. The Morgan fingerprint density at radius 2 is 2.17 bits per heavy atom. The summed E-state index contributed by atoms with van der Waals surface area (Å²) < 4.78 is 10.6. The second-order valence-electron chi connectivity index (χ2n) is 4.19. The molecule has 2 rings (SSSR count). The van der Waals surface area contributed by atoms with E-state index in [1.54, 1.807) is 13.0 Å². The molecule has 1 aliphatic rings. The maximum absolute atomic E-state index is 11.2. The Balaban J connectivity index is 2.11. The molecule has 0 aromatic heterocycles. The van der Waals surface area contributed by atoms with Crippen LogP contribution in [0.15, 0.2) is 18.2 Å². The maximum Gasteiger partial charge on any atom is 0.269 e. The molecule has 2 unspecified atom stereocenters.